The SMILES string of the molecule is CC1CCC(=O)C(CN(C)CCOCC2CC2)C1. The number of rotatable bonds is 7. The maximum atomic E-state index is 11.8. The molecule has 2 aliphatic carbocycles. The van der Waals surface area contributed by atoms with Crippen LogP contribution >= 0.6 is 0 Å². The minimum Gasteiger partial charge on any atom is -0.380 e. The quantitative estimate of drug-likeness (QED) is 0.652. The molecule has 18 heavy (non-hydrogen) atoms. The molecule has 0 saturated heterocycles. The molecule has 0 aromatic carbocycles. The highest BCUT2D eigenvalue weighted by atomic mass is 16.5. The summed E-state index contributed by atoms with van der Waals surface area (Å²) in [5, 5.41) is 0. The molecular weight excluding hydrogens is 226 g/mol. The number of nitrogens with zero attached hydrogens (tertiary/aromatic N) is 1. The van der Waals surface area contributed by atoms with Gasteiger partial charge in [0, 0.05) is 32.0 Å². The average Bonchev–Trinajstić information content (AvgIpc) is 3.13. The summed E-state index contributed by atoms with van der Waals surface area (Å²) in [4.78, 5) is 14.1. The van der Waals surface area contributed by atoms with E-state index in [0.29, 0.717) is 11.7 Å². The van der Waals surface area contributed by atoms with Gasteiger partial charge >= 0.3 is 0 Å². The van der Waals surface area contributed by atoms with E-state index in [1.54, 1.807) is 0 Å². The first-order chi connectivity index (χ1) is 8.65. The van der Waals surface area contributed by atoms with Crippen molar-refractivity contribution < 1.29 is 9.53 Å². The van der Waals surface area contributed by atoms with Gasteiger partial charge < -0.3 is 9.64 Å². The second-order valence-electron chi connectivity index (χ2n) is 6.32. The van der Waals surface area contributed by atoms with Crippen LogP contribution in [0, 0.1) is 17.8 Å². The molecule has 0 aliphatic heterocycles. The van der Waals surface area contributed by atoms with Crippen molar-refractivity contribution in [2.24, 2.45) is 17.8 Å². The molecular formula is C15H27NO2. The Balaban J connectivity index is 1.59. The molecule has 2 rings (SSSR count). The number of carbonyl (C=O) groups is 1. The van der Waals surface area contributed by atoms with Crippen LogP contribution in [0.3, 0.4) is 0 Å². The van der Waals surface area contributed by atoms with Crippen LogP contribution in [0.15, 0.2) is 0 Å². The lowest BCUT2D eigenvalue weighted by atomic mass is 9.81. The number of Topliss-reactive ketones (excluding diaryl/α,β-unsaturated/α-hetero) is 1. The standard InChI is InChI=1S/C15H27NO2/c1-12-3-6-15(17)14(9-12)10-16(2)7-8-18-11-13-4-5-13/h12-14H,3-11H2,1-2H3. The summed E-state index contributed by atoms with van der Waals surface area (Å²) in [5.74, 6) is 2.30. The minimum absolute atomic E-state index is 0.266. The molecule has 0 spiro atoms. The lowest BCUT2D eigenvalue weighted by Crippen LogP contribution is -2.35. The Morgan fingerprint density at radius 2 is 2.11 bits per heavy atom. The van der Waals surface area contributed by atoms with E-state index in [0.717, 1.165) is 51.5 Å². The normalized spacial score (nSPS) is 28.9. The molecule has 3 nitrogen and oxygen atoms in total. The Labute approximate surface area is 111 Å². The van der Waals surface area contributed by atoms with Crippen molar-refractivity contribution in [1.29, 1.82) is 0 Å². The number of carbonyl (C=O) groups excluding carboxylic acids is 1. The number of likely N-dealkylation sites (N-methyl/N-ethyl adjacent to an activating group) is 1. The molecule has 104 valence electrons. The van der Waals surface area contributed by atoms with E-state index in [-0.39, 0.29) is 5.92 Å². The van der Waals surface area contributed by atoms with Gasteiger partial charge in [-0.1, -0.05) is 6.92 Å². The zero-order chi connectivity index (χ0) is 13.0. The van der Waals surface area contributed by atoms with Crippen molar-refractivity contribution in [2.75, 3.05) is 33.4 Å². The second-order valence-corrected chi connectivity index (χ2v) is 6.32. The van der Waals surface area contributed by atoms with E-state index in [2.05, 4.69) is 18.9 Å². The Morgan fingerprint density at radius 3 is 2.83 bits per heavy atom. The Hall–Kier alpha value is -0.410. The lowest BCUT2D eigenvalue weighted by molar-refractivity contribution is -0.126. The van der Waals surface area contributed by atoms with Crippen LogP contribution in [0.5, 0.6) is 0 Å². The van der Waals surface area contributed by atoms with Crippen LogP contribution < -0.4 is 0 Å². The summed E-state index contributed by atoms with van der Waals surface area (Å²) in [6.45, 7) is 5.87. The fraction of sp³-hybridized carbons (Fsp3) is 0.933. The van der Waals surface area contributed by atoms with Gasteiger partial charge in [-0.05, 0) is 44.6 Å². The third-order valence-electron chi connectivity index (χ3n) is 4.23. The first kappa shape index (κ1) is 14.0. The van der Waals surface area contributed by atoms with E-state index in [1.165, 1.54) is 12.8 Å². The van der Waals surface area contributed by atoms with Gasteiger partial charge in [-0.15, -0.1) is 0 Å². The van der Waals surface area contributed by atoms with Crippen LogP contribution in [0.4, 0.5) is 0 Å². The molecule has 0 bridgehead atoms. The highest BCUT2D eigenvalue weighted by Crippen LogP contribution is 2.29. The van der Waals surface area contributed by atoms with Crippen molar-refractivity contribution in [3.05, 3.63) is 0 Å². The first-order valence-electron chi connectivity index (χ1n) is 7.44. The summed E-state index contributed by atoms with van der Waals surface area (Å²) in [6, 6.07) is 0. The highest BCUT2D eigenvalue weighted by Gasteiger charge is 2.27. The molecule has 0 aromatic rings. The zero-order valence-electron chi connectivity index (χ0n) is 11.9. The monoisotopic (exact) mass is 253 g/mol. The van der Waals surface area contributed by atoms with E-state index in [1.807, 2.05) is 0 Å². The molecule has 2 atom stereocenters. The smallest absolute Gasteiger partial charge is 0.137 e. The van der Waals surface area contributed by atoms with Crippen molar-refractivity contribution in [2.45, 2.75) is 39.0 Å². The Morgan fingerprint density at radius 1 is 1.33 bits per heavy atom. The van der Waals surface area contributed by atoms with Gasteiger partial charge in [0.05, 0.1) is 6.61 Å². The first-order valence-corrected chi connectivity index (χ1v) is 7.44. The van der Waals surface area contributed by atoms with Crippen LogP contribution in [-0.2, 0) is 9.53 Å². The molecule has 3 heteroatoms. The van der Waals surface area contributed by atoms with Gasteiger partial charge in [-0.25, -0.2) is 0 Å². The predicted molar refractivity (Wildman–Crippen MR) is 72.6 cm³/mol. The fourth-order valence-corrected chi connectivity index (χ4v) is 2.73. The van der Waals surface area contributed by atoms with Gasteiger partial charge in [0.15, 0.2) is 0 Å². The van der Waals surface area contributed by atoms with Crippen LogP contribution in [0.1, 0.15) is 39.0 Å². The Kier molecular flexibility index (Phi) is 5.19. The van der Waals surface area contributed by atoms with E-state index in [4.69, 9.17) is 4.74 Å². The van der Waals surface area contributed by atoms with E-state index >= 15 is 0 Å². The lowest BCUT2D eigenvalue weighted by Gasteiger charge is -2.29. The number of hydrogen-bond acceptors (Lipinski definition) is 3. The zero-order valence-corrected chi connectivity index (χ0v) is 11.9. The van der Waals surface area contributed by atoms with Crippen molar-refractivity contribution in [1.82, 2.24) is 4.90 Å². The van der Waals surface area contributed by atoms with Crippen LogP contribution in [0.2, 0.25) is 0 Å². The average molecular weight is 253 g/mol. The highest BCUT2D eigenvalue weighted by molar-refractivity contribution is 5.81. The molecule has 0 heterocycles. The molecule has 0 N–H and O–H groups in total. The maximum Gasteiger partial charge on any atom is 0.137 e. The van der Waals surface area contributed by atoms with E-state index in [9.17, 15) is 4.79 Å². The predicted octanol–water partition coefficient (Wildman–Crippen LogP) is 2.35. The number of ether oxygens (including phenoxy) is 1. The third-order valence-corrected chi connectivity index (χ3v) is 4.23. The fourth-order valence-electron chi connectivity index (χ4n) is 2.73. The molecule has 2 saturated carbocycles. The van der Waals surface area contributed by atoms with Crippen molar-refractivity contribution in [3.63, 3.8) is 0 Å². The van der Waals surface area contributed by atoms with Gasteiger partial charge in [-0.2, -0.15) is 0 Å². The molecule has 2 aliphatic rings. The van der Waals surface area contributed by atoms with Crippen LogP contribution in [0.25, 0.3) is 0 Å². The van der Waals surface area contributed by atoms with Crippen LogP contribution in [-0.4, -0.2) is 44.0 Å². The summed E-state index contributed by atoms with van der Waals surface area (Å²) in [5.41, 5.74) is 0. The summed E-state index contributed by atoms with van der Waals surface area (Å²) < 4.78 is 5.64. The van der Waals surface area contributed by atoms with Crippen molar-refractivity contribution in [3.8, 4) is 0 Å². The molecule has 0 radical (unpaired) electrons. The maximum absolute atomic E-state index is 11.8. The molecule has 2 fully saturated rings. The number of hydrogen-bond donors (Lipinski definition) is 0. The summed E-state index contributed by atoms with van der Waals surface area (Å²) in [6.07, 6.45) is 5.65. The van der Waals surface area contributed by atoms with Gasteiger partial charge in [0.2, 0.25) is 0 Å². The minimum atomic E-state index is 0.266. The molecule has 2 unspecified atom stereocenters. The molecule has 0 amide bonds. The van der Waals surface area contributed by atoms with Gasteiger partial charge in [0.1, 0.15) is 5.78 Å². The second kappa shape index (κ2) is 6.67. The van der Waals surface area contributed by atoms with E-state index < -0.39 is 0 Å². The Bertz CT molecular complexity index is 276. The topological polar surface area (TPSA) is 29.5 Å². The largest absolute Gasteiger partial charge is 0.380 e. The van der Waals surface area contributed by atoms with Gasteiger partial charge in [-0.3, -0.25) is 4.79 Å². The summed E-state index contributed by atoms with van der Waals surface area (Å²) in [7, 11) is 2.10. The summed E-state index contributed by atoms with van der Waals surface area (Å²) >= 11 is 0. The van der Waals surface area contributed by atoms with Gasteiger partial charge in [0.25, 0.3) is 0 Å². The third kappa shape index (κ3) is 4.69. The molecule has 0 aromatic heterocycles. The number of ketones is 1. The van der Waals surface area contributed by atoms with Crippen molar-refractivity contribution >= 4 is 5.78 Å².